The molecule has 1 aliphatic heterocycles. The SMILES string of the molecule is CC1CC1(C#N)C(=O)N1CCC(c2ncn[nH]2)C1. The lowest BCUT2D eigenvalue weighted by Crippen LogP contribution is -2.35. The van der Waals surface area contributed by atoms with E-state index >= 15 is 0 Å². The van der Waals surface area contributed by atoms with Gasteiger partial charge in [-0.2, -0.15) is 10.4 Å². The van der Waals surface area contributed by atoms with Gasteiger partial charge in [-0.15, -0.1) is 0 Å². The zero-order chi connectivity index (χ0) is 12.8. The minimum absolute atomic E-state index is 0.000449. The van der Waals surface area contributed by atoms with Crippen LogP contribution in [0.5, 0.6) is 0 Å². The largest absolute Gasteiger partial charge is 0.341 e. The molecule has 2 aliphatic rings. The van der Waals surface area contributed by atoms with Gasteiger partial charge in [-0.05, 0) is 18.8 Å². The first-order chi connectivity index (χ1) is 8.67. The second kappa shape index (κ2) is 3.80. The van der Waals surface area contributed by atoms with Crippen molar-refractivity contribution < 1.29 is 4.79 Å². The molecule has 0 radical (unpaired) electrons. The first kappa shape index (κ1) is 11.2. The van der Waals surface area contributed by atoms with Crippen LogP contribution >= 0.6 is 0 Å². The number of carbonyl (C=O) groups is 1. The Morgan fingerprint density at radius 2 is 2.50 bits per heavy atom. The number of nitriles is 1. The number of nitrogens with one attached hydrogen (secondary N) is 1. The van der Waals surface area contributed by atoms with Crippen molar-refractivity contribution in [2.75, 3.05) is 13.1 Å². The maximum Gasteiger partial charge on any atom is 0.243 e. The van der Waals surface area contributed by atoms with Crippen LogP contribution in [0.4, 0.5) is 0 Å². The number of nitrogens with zero attached hydrogens (tertiary/aromatic N) is 4. The molecule has 1 aliphatic carbocycles. The maximum atomic E-state index is 12.3. The van der Waals surface area contributed by atoms with E-state index < -0.39 is 5.41 Å². The molecule has 1 aromatic heterocycles. The van der Waals surface area contributed by atoms with Crippen LogP contribution in [0.3, 0.4) is 0 Å². The van der Waals surface area contributed by atoms with Crippen molar-refractivity contribution in [3.63, 3.8) is 0 Å². The second-order valence-corrected chi connectivity index (χ2v) is 5.30. The van der Waals surface area contributed by atoms with E-state index in [1.54, 1.807) is 4.90 Å². The number of likely N-dealkylation sites (tertiary alicyclic amines) is 1. The normalized spacial score (nSPS) is 34.3. The summed E-state index contributed by atoms with van der Waals surface area (Å²) in [5.41, 5.74) is -0.740. The van der Waals surface area contributed by atoms with Crippen molar-refractivity contribution in [3.8, 4) is 6.07 Å². The van der Waals surface area contributed by atoms with Gasteiger partial charge in [0, 0.05) is 19.0 Å². The van der Waals surface area contributed by atoms with E-state index in [1.165, 1.54) is 6.33 Å². The van der Waals surface area contributed by atoms with E-state index in [0.29, 0.717) is 19.5 Å². The number of H-pyrrole nitrogens is 1. The van der Waals surface area contributed by atoms with Crippen LogP contribution in [0, 0.1) is 22.7 Å². The van der Waals surface area contributed by atoms with Crippen molar-refractivity contribution >= 4 is 5.91 Å². The van der Waals surface area contributed by atoms with Gasteiger partial charge in [-0.3, -0.25) is 9.89 Å². The summed E-state index contributed by atoms with van der Waals surface area (Å²) < 4.78 is 0. The van der Waals surface area contributed by atoms with Crippen molar-refractivity contribution in [2.24, 2.45) is 11.3 Å². The number of amides is 1. The number of carbonyl (C=O) groups excluding carboxylic acids is 1. The molecule has 1 amide bonds. The monoisotopic (exact) mass is 245 g/mol. The van der Waals surface area contributed by atoms with Crippen LogP contribution in [0.2, 0.25) is 0 Å². The molecule has 6 heteroatoms. The molecule has 0 aromatic carbocycles. The third-order valence-corrected chi connectivity index (χ3v) is 4.19. The maximum absolute atomic E-state index is 12.3. The topological polar surface area (TPSA) is 85.7 Å². The molecule has 1 saturated heterocycles. The number of aromatic amines is 1. The average Bonchev–Trinajstić information content (AvgIpc) is 2.87. The predicted molar refractivity (Wildman–Crippen MR) is 62.1 cm³/mol. The van der Waals surface area contributed by atoms with Gasteiger partial charge in [-0.25, -0.2) is 4.98 Å². The fourth-order valence-electron chi connectivity index (χ4n) is 2.79. The van der Waals surface area contributed by atoms with Crippen LogP contribution in [-0.4, -0.2) is 39.1 Å². The zero-order valence-corrected chi connectivity index (χ0v) is 10.3. The minimum atomic E-state index is -0.740. The second-order valence-electron chi connectivity index (χ2n) is 5.30. The summed E-state index contributed by atoms with van der Waals surface area (Å²) >= 11 is 0. The number of aromatic nitrogens is 3. The van der Waals surface area contributed by atoms with E-state index in [4.69, 9.17) is 0 Å². The van der Waals surface area contributed by atoms with Gasteiger partial charge in [0.15, 0.2) is 0 Å². The highest BCUT2D eigenvalue weighted by atomic mass is 16.2. The molecule has 3 rings (SSSR count). The molecule has 2 fully saturated rings. The highest BCUT2D eigenvalue weighted by Crippen LogP contribution is 2.53. The molecule has 18 heavy (non-hydrogen) atoms. The summed E-state index contributed by atoms with van der Waals surface area (Å²) in [5.74, 6) is 1.25. The fraction of sp³-hybridized carbons (Fsp3) is 0.667. The summed E-state index contributed by atoms with van der Waals surface area (Å²) in [6.45, 7) is 3.32. The Morgan fingerprint density at radius 3 is 3.06 bits per heavy atom. The minimum Gasteiger partial charge on any atom is -0.341 e. The molecule has 6 nitrogen and oxygen atoms in total. The summed E-state index contributed by atoms with van der Waals surface area (Å²) in [4.78, 5) is 18.3. The Bertz CT molecular complexity index is 505. The van der Waals surface area contributed by atoms with Gasteiger partial charge in [0.1, 0.15) is 17.6 Å². The van der Waals surface area contributed by atoms with Gasteiger partial charge in [0.25, 0.3) is 0 Å². The van der Waals surface area contributed by atoms with Gasteiger partial charge in [0.05, 0.1) is 6.07 Å². The molecule has 2 heterocycles. The van der Waals surface area contributed by atoms with Crippen molar-refractivity contribution in [1.29, 1.82) is 5.26 Å². The predicted octanol–water partition coefficient (Wildman–Crippen LogP) is 0.670. The molecule has 1 aromatic rings. The molecule has 3 unspecified atom stereocenters. The lowest BCUT2D eigenvalue weighted by Gasteiger charge is -2.19. The Kier molecular flexibility index (Phi) is 2.37. The number of rotatable bonds is 2. The quantitative estimate of drug-likeness (QED) is 0.829. The Hall–Kier alpha value is -1.90. The zero-order valence-electron chi connectivity index (χ0n) is 10.3. The van der Waals surface area contributed by atoms with E-state index in [1.807, 2.05) is 6.92 Å². The lowest BCUT2D eigenvalue weighted by atomic mass is 10.0. The summed E-state index contributed by atoms with van der Waals surface area (Å²) in [5, 5.41) is 15.9. The van der Waals surface area contributed by atoms with Gasteiger partial charge < -0.3 is 4.90 Å². The van der Waals surface area contributed by atoms with Gasteiger partial charge >= 0.3 is 0 Å². The molecule has 1 saturated carbocycles. The summed E-state index contributed by atoms with van der Waals surface area (Å²) in [6.07, 6.45) is 3.07. The lowest BCUT2D eigenvalue weighted by molar-refractivity contribution is -0.134. The van der Waals surface area contributed by atoms with Gasteiger partial charge in [-0.1, -0.05) is 6.92 Å². The first-order valence-corrected chi connectivity index (χ1v) is 6.23. The van der Waals surface area contributed by atoms with Gasteiger partial charge in [0.2, 0.25) is 5.91 Å². The van der Waals surface area contributed by atoms with Crippen molar-refractivity contribution in [1.82, 2.24) is 20.1 Å². The average molecular weight is 245 g/mol. The van der Waals surface area contributed by atoms with E-state index in [-0.39, 0.29) is 17.7 Å². The summed E-state index contributed by atoms with van der Waals surface area (Å²) in [7, 11) is 0. The molecular formula is C12H15N5O. The van der Waals surface area contributed by atoms with E-state index in [0.717, 1.165) is 12.2 Å². The fourth-order valence-corrected chi connectivity index (χ4v) is 2.79. The molecule has 3 atom stereocenters. The highest BCUT2D eigenvalue weighted by Gasteiger charge is 2.60. The smallest absolute Gasteiger partial charge is 0.243 e. The van der Waals surface area contributed by atoms with E-state index in [2.05, 4.69) is 21.3 Å². The summed E-state index contributed by atoms with van der Waals surface area (Å²) in [6, 6.07) is 2.20. The molecule has 94 valence electrons. The molecule has 0 spiro atoms. The van der Waals surface area contributed by atoms with E-state index in [9.17, 15) is 10.1 Å². The van der Waals surface area contributed by atoms with Crippen LogP contribution in [0.25, 0.3) is 0 Å². The Labute approximate surface area is 105 Å². The first-order valence-electron chi connectivity index (χ1n) is 6.23. The van der Waals surface area contributed by atoms with Crippen LogP contribution < -0.4 is 0 Å². The van der Waals surface area contributed by atoms with Crippen LogP contribution in [-0.2, 0) is 4.79 Å². The standard InChI is InChI=1S/C12H15N5O/c1-8-4-12(8,6-13)11(18)17-3-2-9(5-17)10-14-7-15-16-10/h7-9H,2-5H2,1H3,(H,14,15,16). The Morgan fingerprint density at radius 1 is 1.72 bits per heavy atom. The highest BCUT2D eigenvalue weighted by molar-refractivity contribution is 5.89. The van der Waals surface area contributed by atoms with Crippen molar-refractivity contribution in [3.05, 3.63) is 12.2 Å². The molecular weight excluding hydrogens is 230 g/mol. The number of hydrogen-bond acceptors (Lipinski definition) is 4. The number of hydrogen-bond donors (Lipinski definition) is 1. The van der Waals surface area contributed by atoms with Crippen LogP contribution in [0.15, 0.2) is 6.33 Å². The molecule has 1 N–H and O–H groups in total. The third-order valence-electron chi connectivity index (χ3n) is 4.19. The third kappa shape index (κ3) is 1.50. The molecule has 0 bridgehead atoms. The van der Waals surface area contributed by atoms with Crippen LogP contribution in [0.1, 0.15) is 31.5 Å². The van der Waals surface area contributed by atoms with Crippen molar-refractivity contribution in [2.45, 2.75) is 25.7 Å². The Balaban J connectivity index is 1.70.